The Labute approximate surface area is 107 Å². The van der Waals surface area contributed by atoms with Crippen molar-refractivity contribution in [1.82, 2.24) is 9.97 Å². The number of benzene rings is 1. The molecule has 0 aliphatic heterocycles. The van der Waals surface area contributed by atoms with E-state index in [2.05, 4.69) is 20.6 Å². The second kappa shape index (κ2) is 5.13. The predicted molar refractivity (Wildman–Crippen MR) is 65.9 cm³/mol. The van der Waals surface area contributed by atoms with Crippen molar-refractivity contribution in [2.75, 3.05) is 17.7 Å². The molecule has 0 aliphatic carbocycles. The molecule has 2 N–H and O–H groups in total. The van der Waals surface area contributed by atoms with E-state index in [4.69, 9.17) is 0 Å². The monoisotopic (exact) mass is 268 g/mol. The number of nitrogens with zero attached hydrogens (tertiary/aromatic N) is 2. The lowest BCUT2D eigenvalue weighted by molar-refractivity contribution is 0.449. The van der Waals surface area contributed by atoms with Crippen LogP contribution in [0.25, 0.3) is 0 Å². The minimum Gasteiger partial charge on any atom is -0.357 e. The zero-order valence-electron chi connectivity index (χ0n) is 10.3. The molecular weight excluding hydrogens is 257 g/mol. The van der Waals surface area contributed by atoms with E-state index >= 15 is 0 Å². The Kier molecular flexibility index (Phi) is 3.55. The van der Waals surface area contributed by atoms with Crippen LogP contribution in [-0.2, 0) is 0 Å². The lowest BCUT2D eigenvalue weighted by atomic mass is 10.2. The predicted octanol–water partition coefficient (Wildman–Crippen LogP) is 2.99. The third-order valence-corrected chi connectivity index (χ3v) is 2.48. The van der Waals surface area contributed by atoms with E-state index in [0.29, 0.717) is 17.3 Å². The normalized spacial score (nSPS) is 10.4. The van der Waals surface area contributed by atoms with E-state index in [1.165, 1.54) is 6.20 Å². The smallest absolute Gasteiger partial charge is 0.224 e. The zero-order valence-corrected chi connectivity index (χ0v) is 10.3. The summed E-state index contributed by atoms with van der Waals surface area (Å²) >= 11 is 0. The molecule has 2 aromatic rings. The third-order valence-electron chi connectivity index (χ3n) is 2.48. The van der Waals surface area contributed by atoms with Crippen LogP contribution in [0, 0.1) is 24.4 Å². The van der Waals surface area contributed by atoms with Crippen LogP contribution in [0.1, 0.15) is 5.56 Å². The lowest BCUT2D eigenvalue weighted by Crippen LogP contribution is -2.04. The Morgan fingerprint density at radius 3 is 2.53 bits per heavy atom. The number of halogens is 3. The van der Waals surface area contributed by atoms with Crippen LogP contribution in [0.15, 0.2) is 18.3 Å². The molecular formula is C12H11F3N4. The van der Waals surface area contributed by atoms with Gasteiger partial charge in [-0.15, -0.1) is 0 Å². The highest BCUT2D eigenvalue weighted by Crippen LogP contribution is 2.24. The number of anilines is 3. The molecule has 0 saturated heterocycles. The summed E-state index contributed by atoms with van der Waals surface area (Å²) < 4.78 is 39.4. The molecule has 1 aromatic heterocycles. The first-order chi connectivity index (χ1) is 9.02. The van der Waals surface area contributed by atoms with Gasteiger partial charge in [-0.1, -0.05) is 0 Å². The molecule has 0 radical (unpaired) electrons. The molecule has 1 heterocycles. The molecule has 1 aromatic carbocycles. The number of rotatable bonds is 3. The van der Waals surface area contributed by atoms with Crippen LogP contribution in [-0.4, -0.2) is 17.0 Å². The average Bonchev–Trinajstić information content (AvgIpc) is 2.41. The third kappa shape index (κ3) is 2.59. The molecule has 0 atom stereocenters. The fourth-order valence-electron chi connectivity index (χ4n) is 1.44. The molecule has 0 unspecified atom stereocenters. The summed E-state index contributed by atoms with van der Waals surface area (Å²) in [4.78, 5) is 8.03. The quantitative estimate of drug-likeness (QED) is 0.840. The van der Waals surface area contributed by atoms with E-state index in [1.807, 2.05) is 0 Å². The van der Waals surface area contributed by atoms with Crippen molar-refractivity contribution >= 4 is 17.5 Å². The van der Waals surface area contributed by atoms with E-state index in [9.17, 15) is 13.2 Å². The first-order valence-corrected chi connectivity index (χ1v) is 5.45. The molecule has 4 nitrogen and oxygen atoms in total. The standard InChI is InChI=1S/C12H11F3N4/c1-6-5-17-12(16-2)19-11(6)18-8-4-3-7(13)9(14)10(8)15/h3-5H,1-2H3,(H2,16,17,18,19). The molecule has 0 bridgehead atoms. The van der Waals surface area contributed by atoms with Crippen molar-refractivity contribution in [1.29, 1.82) is 0 Å². The Hall–Kier alpha value is -2.31. The van der Waals surface area contributed by atoms with Crippen molar-refractivity contribution in [3.05, 3.63) is 41.3 Å². The SMILES string of the molecule is CNc1ncc(C)c(Nc2ccc(F)c(F)c2F)n1. The van der Waals surface area contributed by atoms with Crippen LogP contribution in [0.4, 0.5) is 30.6 Å². The molecule has 0 aliphatic rings. The Morgan fingerprint density at radius 1 is 1.11 bits per heavy atom. The van der Waals surface area contributed by atoms with E-state index in [-0.39, 0.29) is 5.69 Å². The Bertz CT molecular complexity index is 616. The van der Waals surface area contributed by atoms with Crippen molar-refractivity contribution in [2.45, 2.75) is 6.92 Å². The molecule has 100 valence electrons. The van der Waals surface area contributed by atoms with Crippen molar-refractivity contribution in [3.8, 4) is 0 Å². The first kappa shape index (κ1) is 13.1. The van der Waals surface area contributed by atoms with Crippen LogP contribution in [0.2, 0.25) is 0 Å². The highest BCUT2D eigenvalue weighted by Gasteiger charge is 2.14. The zero-order chi connectivity index (χ0) is 14.0. The fourth-order valence-corrected chi connectivity index (χ4v) is 1.44. The summed E-state index contributed by atoms with van der Waals surface area (Å²) in [7, 11) is 1.63. The van der Waals surface area contributed by atoms with E-state index in [1.54, 1.807) is 14.0 Å². The van der Waals surface area contributed by atoms with Gasteiger partial charge in [-0.05, 0) is 19.1 Å². The summed E-state index contributed by atoms with van der Waals surface area (Å²) in [5.41, 5.74) is 0.450. The summed E-state index contributed by atoms with van der Waals surface area (Å²) in [6.07, 6.45) is 1.53. The van der Waals surface area contributed by atoms with Gasteiger partial charge in [0.15, 0.2) is 17.5 Å². The summed E-state index contributed by atoms with van der Waals surface area (Å²) in [5, 5.41) is 5.34. The number of hydrogen-bond acceptors (Lipinski definition) is 4. The molecule has 0 saturated carbocycles. The molecule has 19 heavy (non-hydrogen) atoms. The molecule has 7 heteroatoms. The van der Waals surface area contributed by atoms with Gasteiger partial charge in [0.2, 0.25) is 5.95 Å². The van der Waals surface area contributed by atoms with Crippen molar-refractivity contribution in [2.24, 2.45) is 0 Å². The van der Waals surface area contributed by atoms with Crippen LogP contribution < -0.4 is 10.6 Å². The van der Waals surface area contributed by atoms with E-state index in [0.717, 1.165) is 12.1 Å². The van der Waals surface area contributed by atoms with Gasteiger partial charge in [0.05, 0.1) is 5.69 Å². The molecule has 0 amide bonds. The van der Waals surface area contributed by atoms with Crippen LogP contribution in [0.5, 0.6) is 0 Å². The van der Waals surface area contributed by atoms with Gasteiger partial charge in [0.25, 0.3) is 0 Å². The van der Waals surface area contributed by atoms with Gasteiger partial charge in [-0.25, -0.2) is 18.2 Å². The number of nitrogens with one attached hydrogen (secondary N) is 2. The topological polar surface area (TPSA) is 49.8 Å². The fraction of sp³-hybridized carbons (Fsp3) is 0.167. The second-order valence-corrected chi connectivity index (χ2v) is 3.82. The Balaban J connectivity index is 2.39. The first-order valence-electron chi connectivity index (χ1n) is 5.45. The maximum absolute atomic E-state index is 13.5. The van der Waals surface area contributed by atoms with Gasteiger partial charge < -0.3 is 10.6 Å². The maximum Gasteiger partial charge on any atom is 0.224 e. The number of aromatic nitrogens is 2. The average molecular weight is 268 g/mol. The Morgan fingerprint density at radius 2 is 1.84 bits per heavy atom. The van der Waals surface area contributed by atoms with Crippen molar-refractivity contribution < 1.29 is 13.2 Å². The van der Waals surface area contributed by atoms with Gasteiger partial charge in [0, 0.05) is 18.8 Å². The van der Waals surface area contributed by atoms with Crippen LogP contribution in [0.3, 0.4) is 0 Å². The second-order valence-electron chi connectivity index (χ2n) is 3.82. The minimum absolute atomic E-state index is 0.192. The number of aryl methyl sites for hydroxylation is 1. The summed E-state index contributed by atoms with van der Waals surface area (Å²) in [6.45, 7) is 1.71. The van der Waals surface area contributed by atoms with Crippen molar-refractivity contribution in [3.63, 3.8) is 0 Å². The molecule has 2 rings (SSSR count). The minimum atomic E-state index is -1.52. The largest absolute Gasteiger partial charge is 0.357 e. The molecule has 0 fully saturated rings. The molecule has 0 spiro atoms. The maximum atomic E-state index is 13.5. The van der Waals surface area contributed by atoms with Crippen LogP contribution >= 0.6 is 0 Å². The lowest BCUT2D eigenvalue weighted by Gasteiger charge is -2.10. The summed E-state index contributed by atoms with van der Waals surface area (Å²) in [6, 6.07) is 1.95. The van der Waals surface area contributed by atoms with Gasteiger partial charge in [0.1, 0.15) is 5.82 Å². The van der Waals surface area contributed by atoms with E-state index < -0.39 is 17.5 Å². The van der Waals surface area contributed by atoms with Gasteiger partial charge in [-0.3, -0.25) is 0 Å². The highest BCUT2D eigenvalue weighted by molar-refractivity contribution is 5.60. The van der Waals surface area contributed by atoms with Gasteiger partial charge in [-0.2, -0.15) is 4.98 Å². The highest BCUT2D eigenvalue weighted by atomic mass is 19.2. The van der Waals surface area contributed by atoms with Gasteiger partial charge >= 0.3 is 0 Å². The summed E-state index contributed by atoms with van der Waals surface area (Å²) in [5.74, 6) is -3.41. The number of hydrogen-bond donors (Lipinski definition) is 2.